The summed E-state index contributed by atoms with van der Waals surface area (Å²) in [4.78, 5) is 26.5. The van der Waals surface area contributed by atoms with E-state index in [4.69, 9.17) is 0 Å². The second-order valence-electron chi connectivity index (χ2n) is 5.89. The lowest BCUT2D eigenvalue weighted by Crippen LogP contribution is -2.35. The maximum Gasteiger partial charge on any atom is 0.319 e. The van der Waals surface area contributed by atoms with Gasteiger partial charge in [-0.15, -0.1) is 6.58 Å². The lowest BCUT2D eigenvalue weighted by atomic mass is 10.00. The lowest BCUT2D eigenvalue weighted by molar-refractivity contribution is 0.0985. The largest absolute Gasteiger partial charge is 0.334 e. The molecule has 3 amide bonds. The van der Waals surface area contributed by atoms with E-state index in [2.05, 4.69) is 17.2 Å². The molecule has 5 nitrogen and oxygen atoms in total. The molecule has 1 aliphatic heterocycles. The van der Waals surface area contributed by atoms with Gasteiger partial charge in [-0.3, -0.25) is 4.79 Å². The van der Waals surface area contributed by atoms with Crippen LogP contribution in [0.25, 0.3) is 0 Å². The minimum atomic E-state index is -0.295. The van der Waals surface area contributed by atoms with Crippen LogP contribution in [0.2, 0.25) is 0 Å². The Morgan fingerprint density at radius 3 is 2.72 bits per heavy atom. The molecule has 1 heterocycles. The van der Waals surface area contributed by atoms with Gasteiger partial charge in [0.25, 0.3) is 5.91 Å². The number of carbonyl (C=O) groups is 2. The number of hydrogen-bond donors (Lipinski definition) is 2. The van der Waals surface area contributed by atoms with Gasteiger partial charge >= 0.3 is 6.03 Å². The van der Waals surface area contributed by atoms with E-state index in [-0.39, 0.29) is 11.9 Å². The summed E-state index contributed by atoms with van der Waals surface area (Å²) >= 11 is 0. The van der Waals surface area contributed by atoms with Crippen LogP contribution >= 0.6 is 0 Å². The van der Waals surface area contributed by atoms with Gasteiger partial charge in [0.1, 0.15) is 0 Å². The molecule has 3 rings (SSSR count). The number of rotatable bonds is 4. The summed E-state index contributed by atoms with van der Waals surface area (Å²) in [5, 5.41) is 5.46. The van der Waals surface area contributed by atoms with Crippen molar-refractivity contribution in [2.45, 2.75) is 12.8 Å². The first-order valence-corrected chi connectivity index (χ1v) is 8.34. The standard InChI is InChI=1S/C20H21N3O2/c1-2-12-21-20(25)22-17-11-10-15-9-6-13-23(18(15)14-17)19(24)16-7-4-3-5-8-16/h2-5,7-8,10-11,14H,1,6,9,12-13H2,(H2,21,22,25). The second kappa shape index (κ2) is 7.66. The van der Waals surface area contributed by atoms with E-state index in [0.717, 1.165) is 24.1 Å². The number of carbonyl (C=O) groups excluding carboxylic acids is 2. The van der Waals surface area contributed by atoms with Crippen molar-refractivity contribution < 1.29 is 9.59 Å². The van der Waals surface area contributed by atoms with E-state index in [1.165, 1.54) is 0 Å². The molecular weight excluding hydrogens is 314 g/mol. The average Bonchev–Trinajstić information content (AvgIpc) is 2.66. The van der Waals surface area contributed by atoms with Crippen molar-refractivity contribution in [2.75, 3.05) is 23.3 Å². The van der Waals surface area contributed by atoms with E-state index in [1.807, 2.05) is 48.5 Å². The highest BCUT2D eigenvalue weighted by atomic mass is 16.2. The van der Waals surface area contributed by atoms with Gasteiger partial charge in [-0.1, -0.05) is 30.3 Å². The Morgan fingerprint density at radius 1 is 1.16 bits per heavy atom. The molecule has 2 aromatic carbocycles. The Bertz CT molecular complexity index is 787. The molecule has 0 unspecified atom stereocenters. The van der Waals surface area contributed by atoms with Gasteiger partial charge in [0.15, 0.2) is 0 Å². The lowest BCUT2D eigenvalue weighted by Gasteiger charge is -2.30. The molecule has 0 bridgehead atoms. The number of fused-ring (bicyclic) bond motifs is 1. The normalized spacial score (nSPS) is 12.9. The molecule has 1 aliphatic rings. The van der Waals surface area contributed by atoms with Crippen LogP contribution in [0.5, 0.6) is 0 Å². The van der Waals surface area contributed by atoms with Crippen molar-refractivity contribution in [3.05, 3.63) is 72.3 Å². The summed E-state index contributed by atoms with van der Waals surface area (Å²) in [6.45, 7) is 4.64. The van der Waals surface area contributed by atoms with Crippen LogP contribution in [-0.2, 0) is 6.42 Å². The third-order valence-electron chi connectivity index (χ3n) is 4.13. The molecule has 0 saturated carbocycles. The number of hydrogen-bond acceptors (Lipinski definition) is 2. The molecule has 0 saturated heterocycles. The summed E-state index contributed by atoms with van der Waals surface area (Å²) in [6, 6.07) is 14.7. The molecule has 0 aliphatic carbocycles. The zero-order valence-corrected chi connectivity index (χ0v) is 14.0. The van der Waals surface area contributed by atoms with Crippen molar-refractivity contribution in [1.82, 2.24) is 5.32 Å². The Balaban J connectivity index is 1.84. The predicted molar refractivity (Wildman–Crippen MR) is 100 cm³/mol. The molecule has 5 heteroatoms. The SMILES string of the molecule is C=CCNC(=O)Nc1ccc2c(c1)N(C(=O)c1ccccc1)CCC2. The number of aryl methyl sites for hydroxylation is 1. The molecule has 0 spiro atoms. The van der Waals surface area contributed by atoms with Gasteiger partial charge in [0.05, 0.1) is 0 Å². The van der Waals surface area contributed by atoms with Gasteiger partial charge in [0.2, 0.25) is 0 Å². The third kappa shape index (κ3) is 3.88. The maximum absolute atomic E-state index is 12.9. The highest BCUT2D eigenvalue weighted by molar-refractivity contribution is 6.07. The first kappa shape index (κ1) is 16.8. The van der Waals surface area contributed by atoms with Crippen molar-refractivity contribution in [3.63, 3.8) is 0 Å². The van der Waals surface area contributed by atoms with Crippen molar-refractivity contribution in [1.29, 1.82) is 0 Å². The van der Waals surface area contributed by atoms with Gasteiger partial charge in [-0.05, 0) is 42.7 Å². The summed E-state index contributed by atoms with van der Waals surface area (Å²) in [7, 11) is 0. The summed E-state index contributed by atoms with van der Waals surface area (Å²) in [5.74, 6) is -0.0187. The number of amides is 3. The van der Waals surface area contributed by atoms with Crippen LogP contribution in [0.1, 0.15) is 22.3 Å². The summed E-state index contributed by atoms with van der Waals surface area (Å²) < 4.78 is 0. The topological polar surface area (TPSA) is 61.4 Å². The van der Waals surface area contributed by atoms with E-state index < -0.39 is 0 Å². The summed E-state index contributed by atoms with van der Waals surface area (Å²) in [5.41, 5.74) is 3.31. The Morgan fingerprint density at radius 2 is 1.96 bits per heavy atom. The van der Waals surface area contributed by atoms with Crippen LogP contribution in [0.15, 0.2) is 61.2 Å². The highest BCUT2D eigenvalue weighted by Crippen LogP contribution is 2.31. The second-order valence-corrected chi connectivity index (χ2v) is 5.89. The molecule has 128 valence electrons. The minimum absolute atomic E-state index is 0.0187. The molecule has 25 heavy (non-hydrogen) atoms. The van der Waals surface area contributed by atoms with Crippen molar-refractivity contribution in [3.8, 4) is 0 Å². The molecule has 0 fully saturated rings. The van der Waals surface area contributed by atoms with Gasteiger partial charge < -0.3 is 15.5 Å². The quantitative estimate of drug-likeness (QED) is 0.839. The third-order valence-corrected chi connectivity index (χ3v) is 4.13. The van der Waals surface area contributed by atoms with Gasteiger partial charge in [0, 0.05) is 30.0 Å². The highest BCUT2D eigenvalue weighted by Gasteiger charge is 2.24. The summed E-state index contributed by atoms with van der Waals surface area (Å²) in [6.07, 6.45) is 3.47. The first-order chi connectivity index (χ1) is 12.2. The molecular formula is C20H21N3O2. The smallest absolute Gasteiger partial charge is 0.319 e. The number of anilines is 2. The zero-order valence-electron chi connectivity index (χ0n) is 14.0. The van der Waals surface area contributed by atoms with Crippen molar-refractivity contribution >= 4 is 23.3 Å². The Hall–Kier alpha value is -3.08. The van der Waals surface area contributed by atoms with E-state index >= 15 is 0 Å². The number of urea groups is 1. The minimum Gasteiger partial charge on any atom is -0.334 e. The fourth-order valence-electron chi connectivity index (χ4n) is 2.94. The number of nitrogens with zero attached hydrogens (tertiary/aromatic N) is 1. The Kier molecular flexibility index (Phi) is 5.14. The Labute approximate surface area is 147 Å². The monoisotopic (exact) mass is 335 g/mol. The van der Waals surface area contributed by atoms with E-state index in [9.17, 15) is 9.59 Å². The maximum atomic E-state index is 12.9. The van der Waals surface area contributed by atoms with Crippen LogP contribution in [0.3, 0.4) is 0 Å². The first-order valence-electron chi connectivity index (χ1n) is 8.34. The molecule has 2 N–H and O–H groups in total. The number of nitrogens with one attached hydrogen (secondary N) is 2. The molecule has 2 aromatic rings. The fraction of sp³-hybridized carbons (Fsp3) is 0.200. The van der Waals surface area contributed by atoms with Gasteiger partial charge in [-0.2, -0.15) is 0 Å². The predicted octanol–water partition coefficient (Wildman–Crippen LogP) is 3.59. The van der Waals surface area contributed by atoms with Crippen LogP contribution in [-0.4, -0.2) is 25.0 Å². The fourth-order valence-corrected chi connectivity index (χ4v) is 2.94. The van der Waals surface area contributed by atoms with E-state index in [0.29, 0.717) is 24.3 Å². The van der Waals surface area contributed by atoms with Crippen molar-refractivity contribution in [2.24, 2.45) is 0 Å². The molecule has 0 atom stereocenters. The molecule has 0 aromatic heterocycles. The number of benzene rings is 2. The molecule has 0 radical (unpaired) electrons. The van der Waals surface area contributed by atoms with Crippen LogP contribution in [0.4, 0.5) is 16.2 Å². The van der Waals surface area contributed by atoms with Crippen LogP contribution in [0, 0.1) is 0 Å². The zero-order chi connectivity index (χ0) is 17.6. The van der Waals surface area contributed by atoms with Crippen LogP contribution < -0.4 is 15.5 Å². The van der Waals surface area contributed by atoms with E-state index in [1.54, 1.807) is 11.0 Å². The van der Waals surface area contributed by atoms with Gasteiger partial charge in [-0.25, -0.2) is 4.79 Å². The average molecular weight is 335 g/mol.